The van der Waals surface area contributed by atoms with Gasteiger partial charge in [-0.15, -0.1) is 0 Å². The van der Waals surface area contributed by atoms with Gasteiger partial charge in [-0.2, -0.15) is 0 Å². The van der Waals surface area contributed by atoms with Crippen LogP contribution in [0.4, 0.5) is 11.4 Å². The van der Waals surface area contributed by atoms with Crippen LogP contribution in [0.15, 0.2) is 24.3 Å². The van der Waals surface area contributed by atoms with Crippen LogP contribution in [0, 0.1) is 0 Å². The summed E-state index contributed by atoms with van der Waals surface area (Å²) in [6.45, 7) is 5.35. The van der Waals surface area contributed by atoms with Crippen LogP contribution in [0.5, 0.6) is 0 Å². The van der Waals surface area contributed by atoms with Gasteiger partial charge in [0.2, 0.25) is 5.91 Å². The van der Waals surface area contributed by atoms with Crippen molar-refractivity contribution >= 4 is 17.3 Å². The van der Waals surface area contributed by atoms with E-state index in [1.54, 1.807) is 0 Å². The average molecular weight is 289 g/mol. The lowest BCUT2D eigenvalue weighted by Gasteiger charge is -2.29. The summed E-state index contributed by atoms with van der Waals surface area (Å²) in [5.74, 6) is 0.0785. The monoisotopic (exact) mass is 289 g/mol. The number of nitrogens with zero attached hydrogens (tertiary/aromatic N) is 1. The van der Waals surface area contributed by atoms with Gasteiger partial charge in [0, 0.05) is 30.5 Å². The molecule has 1 heterocycles. The van der Waals surface area contributed by atoms with E-state index in [4.69, 9.17) is 4.74 Å². The molecule has 1 unspecified atom stereocenters. The van der Waals surface area contributed by atoms with Gasteiger partial charge in [0.25, 0.3) is 0 Å². The quantitative estimate of drug-likeness (QED) is 0.864. The summed E-state index contributed by atoms with van der Waals surface area (Å²) in [7, 11) is 0. The largest absolute Gasteiger partial charge is 0.378 e. The van der Waals surface area contributed by atoms with Gasteiger partial charge >= 0.3 is 0 Å². The minimum Gasteiger partial charge on any atom is -0.378 e. The zero-order valence-corrected chi connectivity index (χ0v) is 12.5. The fourth-order valence-corrected chi connectivity index (χ4v) is 2.46. The Labute approximate surface area is 125 Å². The number of nitrogens with one attached hydrogen (secondary N) is 2. The molecule has 0 aromatic heterocycles. The van der Waals surface area contributed by atoms with Crippen LogP contribution in [0.1, 0.15) is 19.8 Å². The number of amides is 1. The number of rotatable bonds is 5. The van der Waals surface area contributed by atoms with Gasteiger partial charge in [-0.1, -0.05) is 0 Å². The molecular weight excluding hydrogens is 266 g/mol. The molecule has 1 aromatic carbocycles. The van der Waals surface area contributed by atoms with E-state index in [-0.39, 0.29) is 11.9 Å². The van der Waals surface area contributed by atoms with Crippen molar-refractivity contribution in [1.82, 2.24) is 5.32 Å². The molecule has 1 saturated carbocycles. The average Bonchev–Trinajstić information content (AvgIpc) is 3.33. The minimum absolute atomic E-state index is 0.0785. The Bertz CT molecular complexity index is 479. The molecule has 2 fully saturated rings. The molecule has 1 amide bonds. The summed E-state index contributed by atoms with van der Waals surface area (Å²) in [6, 6.07) is 8.46. The number of carbonyl (C=O) groups is 1. The smallest absolute Gasteiger partial charge is 0.242 e. The SMILES string of the molecule is CC(Nc1ccc(N2CCOCC2)cc1)C(=O)NC1CC1. The molecule has 114 valence electrons. The maximum absolute atomic E-state index is 11.9. The number of morpholine rings is 1. The predicted octanol–water partition coefficient (Wildman–Crippen LogP) is 1.60. The minimum atomic E-state index is -0.208. The highest BCUT2D eigenvalue weighted by Gasteiger charge is 2.25. The predicted molar refractivity (Wildman–Crippen MR) is 83.7 cm³/mol. The van der Waals surface area contributed by atoms with Gasteiger partial charge in [0.1, 0.15) is 6.04 Å². The zero-order chi connectivity index (χ0) is 14.7. The standard InChI is InChI=1S/C16H23N3O2/c1-12(16(20)18-14-2-3-14)17-13-4-6-15(7-5-13)19-8-10-21-11-9-19/h4-7,12,14,17H,2-3,8-11H2,1H3,(H,18,20). The van der Waals surface area contributed by atoms with Crippen molar-refractivity contribution in [3.8, 4) is 0 Å². The first-order valence-corrected chi connectivity index (χ1v) is 7.72. The molecule has 3 rings (SSSR count). The molecule has 21 heavy (non-hydrogen) atoms. The van der Waals surface area contributed by atoms with Crippen LogP contribution >= 0.6 is 0 Å². The first-order chi connectivity index (χ1) is 10.2. The topological polar surface area (TPSA) is 53.6 Å². The van der Waals surface area contributed by atoms with E-state index in [1.165, 1.54) is 5.69 Å². The summed E-state index contributed by atoms with van der Waals surface area (Å²) in [5, 5.41) is 6.26. The highest BCUT2D eigenvalue weighted by molar-refractivity contribution is 5.84. The molecule has 0 bridgehead atoms. The van der Waals surface area contributed by atoms with E-state index in [9.17, 15) is 4.79 Å². The number of carbonyl (C=O) groups excluding carboxylic acids is 1. The Morgan fingerprint density at radius 1 is 1.24 bits per heavy atom. The van der Waals surface area contributed by atoms with Crippen LogP contribution in [0.3, 0.4) is 0 Å². The number of benzene rings is 1. The Kier molecular flexibility index (Phi) is 4.29. The maximum Gasteiger partial charge on any atom is 0.242 e. The van der Waals surface area contributed by atoms with Gasteiger partial charge in [-0.05, 0) is 44.0 Å². The van der Waals surface area contributed by atoms with Crippen LogP contribution in [-0.4, -0.2) is 44.3 Å². The van der Waals surface area contributed by atoms with E-state index in [1.807, 2.05) is 19.1 Å². The second-order valence-electron chi connectivity index (χ2n) is 5.80. The van der Waals surface area contributed by atoms with E-state index in [0.717, 1.165) is 44.8 Å². The molecule has 5 heteroatoms. The third-order valence-electron chi connectivity index (χ3n) is 3.94. The van der Waals surface area contributed by atoms with Crippen molar-refractivity contribution in [1.29, 1.82) is 0 Å². The van der Waals surface area contributed by atoms with Gasteiger partial charge in [0.05, 0.1) is 13.2 Å². The van der Waals surface area contributed by atoms with Crippen LogP contribution in [0.2, 0.25) is 0 Å². The lowest BCUT2D eigenvalue weighted by Crippen LogP contribution is -2.38. The molecule has 0 radical (unpaired) electrons. The lowest BCUT2D eigenvalue weighted by molar-refractivity contribution is -0.121. The van der Waals surface area contributed by atoms with Crippen molar-refractivity contribution < 1.29 is 9.53 Å². The first kappa shape index (κ1) is 14.2. The molecule has 2 aliphatic rings. The highest BCUT2D eigenvalue weighted by atomic mass is 16.5. The second-order valence-corrected chi connectivity index (χ2v) is 5.80. The van der Waals surface area contributed by atoms with Crippen molar-refractivity contribution in [2.24, 2.45) is 0 Å². The van der Waals surface area contributed by atoms with E-state index < -0.39 is 0 Å². The van der Waals surface area contributed by atoms with Crippen LogP contribution < -0.4 is 15.5 Å². The molecular formula is C16H23N3O2. The van der Waals surface area contributed by atoms with E-state index >= 15 is 0 Å². The van der Waals surface area contributed by atoms with Crippen LogP contribution in [-0.2, 0) is 9.53 Å². The van der Waals surface area contributed by atoms with Crippen molar-refractivity contribution in [3.63, 3.8) is 0 Å². The second kappa shape index (κ2) is 6.35. The Morgan fingerprint density at radius 3 is 2.52 bits per heavy atom. The number of ether oxygens (including phenoxy) is 1. The third-order valence-corrected chi connectivity index (χ3v) is 3.94. The van der Waals surface area contributed by atoms with Gasteiger partial charge in [-0.25, -0.2) is 0 Å². The van der Waals surface area contributed by atoms with E-state index in [0.29, 0.717) is 6.04 Å². The van der Waals surface area contributed by atoms with Gasteiger partial charge in [-0.3, -0.25) is 4.79 Å². The van der Waals surface area contributed by atoms with Crippen molar-refractivity contribution in [2.75, 3.05) is 36.5 Å². The molecule has 1 aliphatic carbocycles. The Balaban J connectivity index is 1.54. The molecule has 1 saturated heterocycles. The third kappa shape index (κ3) is 3.88. The van der Waals surface area contributed by atoms with E-state index in [2.05, 4.69) is 27.7 Å². The first-order valence-electron chi connectivity index (χ1n) is 7.72. The normalized spacial score (nSPS) is 20.0. The lowest BCUT2D eigenvalue weighted by atomic mass is 10.2. The summed E-state index contributed by atoms with van der Waals surface area (Å²) in [5.41, 5.74) is 2.18. The molecule has 0 spiro atoms. The summed E-state index contributed by atoms with van der Waals surface area (Å²) in [4.78, 5) is 14.2. The van der Waals surface area contributed by atoms with Crippen molar-refractivity contribution in [3.05, 3.63) is 24.3 Å². The Hall–Kier alpha value is -1.75. The summed E-state index contributed by atoms with van der Waals surface area (Å²) < 4.78 is 5.36. The number of hydrogen-bond acceptors (Lipinski definition) is 4. The summed E-state index contributed by atoms with van der Waals surface area (Å²) >= 11 is 0. The van der Waals surface area contributed by atoms with Gasteiger partial charge < -0.3 is 20.3 Å². The number of anilines is 2. The molecule has 1 aliphatic heterocycles. The fourth-order valence-electron chi connectivity index (χ4n) is 2.46. The number of hydrogen-bond donors (Lipinski definition) is 2. The molecule has 5 nitrogen and oxygen atoms in total. The summed E-state index contributed by atoms with van der Waals surface area (Å²) in [6.07, 6.45) is 2.24. The highest BCUT2D eigenvalue weighted by Crippen LogP contribution is 2.21. The van der Waals surface area contributed by atoms with Crippen LogP contribution in [0.25, 0.3) is 0 Å². The van der Waals surface area contributed by atoms with Crippen molar-refractivity contribution in [2.45, 2.75) is 31.8 Å². The molecule has 1 atom stereocenters. The molecule has 1 aromatic rings. The maximum atomic E-state index is 11.9. The van der Waals surface area contributed by atoms with Gasteiger partial charge in [0.15, 0.2) is 0 Å². The Morgan fingerprint density at radius 2 is 1.90 bits per heavy atom. The fraction of sp³-hybridized carbons (Fsp3) is 0.562. The molecule has 2 N–H and O–H groups in total. The zero-order valence-electron chi connectivity index (χ0n) is 12.5.